The monoisotopic (exact) mass is 533 g/mol. The molecular formula is C27H31N7O3S. The summed E-state index contributed by atoms with van der Waals surface area (Å²) >= 11 is 1.12. The van der Waals surface area contributed by atoms with Crippen molar-refractivity contribution in [1.29, 1.82) is 0 Å². The molecule has 0 saturated carbocycles. The van der Waals surface area contributed by atoms with E-state index >= 15 is 0 Å². The minimum absolute atomic E-state index is 0.0411. The van der Waals surface area contributed by atoms with E-state index in [4.69, 9.17) is 0 Å². The number of nitrogens with one attached hydrogen (secondary N) is 2. The highest BCUT2D eigenvalue weighted by molar-refractivity contribution is 7.07. The van der Waals surface area contributed by atoms with Crippen LogP contribution >= 0.6 is 11.5 Å². The molecule has 2 aliphatic rings. The molecular weight excluding hydrogens is 502 g/mol. The summed E-state index contributed by atoms with van der Waals surface area (Å²) in [7, 11) is 0. The number of carbonyl (C=O) groups excluding carboxylic acids is 3. The highest BCUT2D eigenvalue weighted by Gasteiger charge is 2.27. The molecule has 2 aromatic carbocycles. The highest BCUT2D eigenvalue weighted by Crippen LogP contribution is 2.30. The van der Waals surface area contributed by atoms with Gasteiger partial charge in [0.2, 0.25) is 5.91 Å². The van der Waals surface area contributed by atoms with Crippen molar-refractivity contribution in [1.82, 2.24) is 24.7 Å². The maximum atomic E-state index is 13.2. The van der Waals surface area contributed by atoms with Crippen LogP contribution in [0.4, 0.5) is 11.4 Å². The van der Waals surface area contributed by atoms with E-state index in [0.717, 1.165) is 35.9 Å². The van der Waals surface area contributed by atoms with Crippen LogP contribution in [-0.4, -0.2) is 89.5 Å². The third-order valence-electron chi connectivity index (χ3n) is 6.88. The molecule has 3 heterocycles. The summed E-state index contributed by atoms with van der Waals surface area (Å²) in [6, 6.07) is 15.1. The molecule has 5 rings (SSSR count). The van der Waals surface area contributed by atoms with Crippen LogP contribution in [0.3, 0.4) is 0 Å². The minimum Gasteiger partial charge on any atom is -0.366 e. The number of carbonyl (C=O) groups is 3. The van der Waals surface area contributed by atoms with E-state index in [0.29, 0.717) is 61.1 Å². The van der Waals surface area contributed by atoms with Crippen molar-refractivity contribution >= 4 is 40.6 Å². The van der Waals surface area contributed by atoms with Gasteiger partial charge in [-0.05, 0) is 42.2 Å². The third kappa shape index (κ3) is 5.84. The molecule has 11 heteroatoms. The molecule has 1 aromatic heterocycles. The molecule has 198 valence electrons. The van der Waals surface area contributed by atoms with Crippen LogP contribution in [0, 0.1) is 6.92 Å². The largest absolute Gasteiger partial charge is 0.366 e. The van der Waals surface area contributed by atoms with Crippen molar-refractivity contribution in [3.8, 4) is 0 Å². The molecule has 2 aliphatic heterocycles. The normalized spacial score (nSPS) is 15.9. The molecule has 38 heavy (non-hydrogen) atoms. The van der Waals surface area contributed by atoms with E-state index in [2.05, 4.69) is 25.1 Å². The first-order chi connectivity index (χ1) is 18.5. The Bertz CT molecular complexity index is 1300. The van der Waals surface area contributed by atoms with Gasteiger partial charge in [0.1, 0.15) is 4.88 Å². The summed E-state index contributed by atoms with van der Waals surface area (Å²) in [6.45, 7) is 6.91. The molecule has 0 spiro atoms. The molecule has 0 atom stereocenters. The molecule has 0 radical (unpaired) electrons. The molecule has 10 nitrogen and oxygen atoms in total. The summed E-state index contributed by atoms with van der Waals surface area (Å²) in [4.78, 5) is 45.5. The van der Waals surface area contributed by atoms with Gasteiger partial charge in [0.05, 0.1) is 23.5 Å². The fourth-order valence-corrected chi connectivity index (χ4v) is 5.42. The number of aromatic nitrogens is 2. The molecule has 0 aliphatic carbocycles. The van der Waals surface area contributed by atoms with Gasteiger partial charge in [0.15, 0.2) is 0 Å². The second kappa shape index (κ2) is 11.7. The number of anilines is 2. The lowest BCUT2D eigenvalue weighted by molar-refractivity contribution is -0.115. The van der Waals surface area contributed by atoms with E-state index in [1.165, 1.54) is 0 Å². The maximum absolute atomic E-state index is 13.2. The van der Waals surface area contributed by atoms with Gasteiger partial charge in [-0.1, -0.05) is 34.8 Å². The number of amides is 3. The second-order valence-corrected chi connectivity index (χ2v) is 10.2. The van der Waals surface area contributed by atoms with Gasteiger partial charge in [0.25, 0.3) is 11.8 Å². The minimum atomic E-state index is -0.147. The highest BCUT2D eigenvalue weighted by atomic mass is 32.1. The van der Waals surface area contributed by atoms with E-state index in [-0.39, 0.29) is 24.1 Å². The zero-order valence-corrected chi connectivity index (χ0v) is 22.2. The number of hydrogen-bond acceptors (Lipinski definition) is 8. The zero-order chi connectivity index (χ0) is 26.5. The predicted molar refractivity (Wildman–Crippen MR) is 147 cm³/mol. The Balaban J connectivity index is 1.34. The fourth-order valence-electron chi connectivity index (χ4n) is 4.79. The molecule has 0 bridgehead atoms. The van der Waals surface area contributed by atoms with Crippen LogP contribution in [-0.2, 0) is 11.2 Å². The molecule has 0 unspecified atom stereocenters. The van der Waals surface area contributed by atoms with Gasteiger partial charge >= 0.3 is 0 Å². The number of piperazine rings is 2. The number of hydrogen-bond donors (Lipinski definition) is 2. The van der Waals surface area contributed by atoms with Crippen LogP contribution in [0.1, 0.15) is 31.3 Å². The third-order valence-corrected chi connectivity index (χ3v) is 7.70. The Labute approximate surface area is 225 Å². The standard InChI is InChI=1S/C27H31N7O3S/c1-19-25(38-31-30-19)27(37)34-15-13-32(14-16-34)23-8-7-21(26(36)33-11-9-28-10-12-33)18-22(23)29-24(35)17-20-5-3-2-4-6-20/h2-8,18,28H,9-17H2,1H3,(H,29,35). The lowest BCUT2D eigenvalue weighted by atomic mass is 10.1. The van der Waals surface area contributed by atoms with Crippen LogP contribution in [0.15, 0.2) is 48.5 Å². The average molecular weight is 534 g/mol. The Morgan fingerprint density at radius 3 is 2.32 bits per heavy atom. The van der Waals surface area contributed by atoms with Crippen molar-refractivity contribution in [2.45, 2.75) is 13.3 Å². The topological polar surface area (TPSA) is 111 Å². The first-order valence-electron chi connectivity index (χ1n) is 12.8. The zero-order valence-electron chi connectivity index (χ0n) is 21.4. The van der Waals surface area contributed by atoms with Crippen LogP contribution in [0.25, 0.3) is 0 Å². The lowest BCUT2D eigenvalue weighted by Crippen LogP contribution is -2.49. The van der Waals surface area contributed by atoms with Gasteiger partial charge in [-0.15, -0.1) is 5.10 Å². The summed E-state index contributed by atoms with van der Waals surface area (Å²) < 4.78 is 3.88. The van der Waals surface area contributed by atoms with Crippen molar-refractivity contribution in [2.75, 3.05) is 62.6 Å². The SMILES string of the molecule is Cc1nnsc1C(=O)N1CCN(c2ccc(C(=O)N3CCNCC3)cc2NC(=O)Cc2ccccc2)CC1. The van der Waals surface area contributed by atoms with Crippen LogP contribution in [0.5, 0.6) is 0 Å². The Hall–Kier alpha value is -3.83. The summed E-state index contributed by atoms with van der Waals surface area (Å²) in [5, 5.41) is 10.3. The number of rotatable bonds is 6. The quantitative estimate of drug-likeness (QED) is 0.499. The van der Waals surface area contributed by atoms with Crippen molar-refractivity contribution in [2.24, 2.45) is 0 Å². The van der Waals surface area contributed by atoms with Crippen molar-refractivity contribution in [3.63, 3.8) is 0 Å². The molecule has 3 aromatic rings. The molecule has 3 amide bonds. The summed E-state index contributed by atoms with van der Waals surface area (Å²) in [5.41, 5.74) is 3.56. The van der Waals surface area contributed by atoms with Crippen molar-refractivity contribution < 1.29 is 14.4 Å². The molecule has 2 fully saturated rings. The summed E-state index contributed by atoms with van der Waals surface area (Å²) in [6.07, 6.45) is 0.237. The number of aryl methyl sites for hydroxylation is 1. The van der Waals surface area contributed by atoms with Gasteiger partial charge < -0.3 is 25.3 Å². The van der Waals surface area contributed by atoms with Gasteiger partial charge in [-0.3, -0.25) is 14.4 Å². The number of nitrogens with zero attached hydrogens (tertiary/aromatic N) is 5. The first kappa shape index (κ1) is 25.8. The van der Waals surface area contributed by atoms with Gasteiger partial charge in [0, 0.05) is 57.9 Å². The van der Waals surface area contributed by atoms with Crippen molar-refractivity contribution in [3.05, 3.63) is 70.2 Å². The van der Waals surface area contributed by atoms with E-state index in [9.17, 15) is 14.4 Å². The molecule has 2 saturated heterocycles. The van der Waals surface area contributed by atoms with E-state index in [1.807, 2.05) is 52.3 Å². The number of benzene rings is 2. The lowest BCUT2D eigenvalue weighted by Gasteiger charge is -2.37. The summed E-state index contributed by atoms with van der Waals surface area (Å²) in [5.74, 6) is -0.239. The second-order valence-electron chi connectivity index (χ2n) is 9.45. The maximum Gasteiger partial charge on any atom is 0.267 e. The van der Waals surface area contributed by atoms with Gasteiger partial charge in [-0.25, -0.2) is 0 Å². The Morgan fingerprint density at radius 1 is 0.921 bits per heavy atom. The smallest absolute Gasteiger partial charge is 0.267 e. The fraction of sp³-hybridized carbons (Fsp3) is 0.370. The van der Waals surface area contributed by atoms with Crippen LogP contribution in [0.2, 0.25) is 0 Å². The average Bonchev–Trinajstić information content (AvgIpc) is 3.39. The Morgan fingerprint density at radius 2 is 1.63 bits per heavy atom. The van der Waals surface area contributed by atoms with E-state index in [1.54, 1.807) is 13.0 Å². The van der Waals surface area contributed by atoms with Crippen LogP contribution < -0.4 is 15.5 Å². The first-order valence-corrected chi connectivity index (χ1v) is 13.6. The predicted octanol–water partition coefficient (Wildman–Crippen LogP) is 2.04. The van der Waals surface area contributed by atoms with E-state index < -0.39 is 0 Å². The molecule has 2 N–H and O–H groups in total. The Kier molecular flexibility index (Phi) is 7.94. The van der Waals surface area contributed by atoms with Gasteiger partial charge in [-0.2, -0.15) is 0 Å².